The molecule has 0 aromatic rings. The molecule has 0 amide bonds. The molecule has 0 aromatic heterocycles. The van der Waals surface area contributed by atoms with Crippen molar-refractivity contribution in [1.29, 1.82) is 0 Å². The number of ether oxygens (including phenoxy) is 2. The highest BCUT2D eigenvalue weighted by Gasteiger charge is 2.37. The van der Waals surface area contributed by atoms with Crippen LogP contribution < -0.4 is 0 Å². The van der Waals surface area contributed by atoms with E-state index in [-0.39, 0.29) is 33.8 Å². The van der Waals surface area contributed by atoms with Crippen molar-refractivity contribution < 1.29 is 14.3 Å². The highest BCUT2D eigenvalue weighted by molar-refractivity contribution is 9.09. The summed E-state index contributed by atoms with van der Waals surface area (Å²) < 4.78 is 11.6. The Kier molecular flexibility index (Phi) is 9.61. The standard InChI is InChI=1S/C17H23BrCl2O3/c1-4-6-7-8-15-13(19)9-14(20)17(22-11(3)21)10-16(23-15)12(18)5-2/h1,6-7,12-17H,5,8-10H2,2-3H3/t12-,13+,14+,15+,16-,17+/m1/s1. The molecule has 0 saturated carbocycles. The third-order valence-corrected chi connectivity index (χ3v) is 5.92. The fourth-order valence-corrected chi connectivity index (χ4v) is 3.70. The number of allylic oxidation sites excluding steroid dienone is 1. The molecule has 130 valence electrons. The minimum atomic E-state index is -0.408. The predicted molar refractivity (Wildman–Crippen MR) is 98.3 cm³/mol. The van der Waals surface area contributed by atoms with Gasteiger partial charge in [-0.05, 0) is 25.3 Å². The first-order valence-corrected chi connectivity index (χ1v) is 9.53. The minimum Gasteiger partial charge on any atom is -0.461 e. The van der Waals surface area contributed by atoms with Crippen LogP contribution in [0.3, 0.4) is 0 Å². The molecule has 1 fully saturated rings. The van der Waals surface area contributed by atoms with Crippen LogP contribution in [0, 0.1) is 12.3 Å². The molecule has 3 nitrogen and oxygen atoms in total. The summed E-state index contributed by atoms with van der Waals surface area (Å²) in [7, 11) is 0. The van der Waals surface area contributed by atoms with E-state index in [1.165, 1.54) is 6.92 Å². The van der Waals surface area contributed by atoms with Gasteiger partial charge in [-0.1, -0.05) is 34.9 Å². The monoisotopic (exact) mass is 424 g/mol. The van der Waals surface area contributed by atoms with E-state index in [4.69, 9.17) is 39.1 Å². The molecule has 0 spiro atoms. The van der Waals surface area contributed by atoms with Crippen molar-refractivity contribution in [1.82, 2.24) is 0 Å². The summed E-state index contributed by atoms with van der Waals surface area (Å²) in [6.45, 7) is 3.45. The molecule has 1 saturated heterocycles. The van der Waals surface area contributed by atoms with Crippen LogP contribution in [0.4, 0.5) is 0 Å². The van der Waals surface area contributed by atoms with E-state index < -0.39 is 6.10 Å². The van der Waals surface area contributed by atoms with Gasteiger partial charge in [0.15, 0.2) is 0 Å². The molecule has 1 aliphatic heterocycles. The van der Waals surface area contributed by atoms with Crippen LogP contribution in [-0.4, -0.2) is 39.9 Å². The fourth-order valence-electron chi connectivity index (χ4n) is 2.56. The van der Waals surface area contributed by atoms with Gasteiger partial charge in [0.2, 0.25) is 0 Å². The zero-order chi connectivity index (χ0) is 17.4. The van der Waals surface area contributed by atoms with Crippen molar-refractivity contribution in [2.45, 2.75) is 73.4 Å². The number of hydrogen-bond donors (Lipinski definition) is 0. The van der Waals surface area contributed by atoms with Gasteiger partial charge < -0.3 is 9.47 Å². The summed E-state index contributed by atoms with van der Waals surface area (Å²) in [5.41, 5.74) is 0. The smallest absolute Gasteiger partial charge is 0.302 e. The van der Waals surface area contributed by atoms with Crippen LogP contribution in [-0.2, 0) is 14.3 Å². The predicted octanol–water partition coefficient (Wildman–Crippen LogP) is 4.43. The normalized spacial score (nSPS) is 33.5. The number of halogens is 3. The first-order chi connectivity index (χ1) is 10.9. The number of hydrogen-bond acceptors (Lipinski definition) is 3. The lowest BCUT2D eigenvalue weighted by molar-refractivity contribution is -0.150. The Balaban J connectivity index is 2.92. The SMILES string of the molecule is C#CC=CC[C@@H]1O[C@@H]([C@H](Br)CC)C[C@H](OC(C)=O)[C@@H](Cl)C[C@@H]1Cl. The number of carbonyl (C=O) groups is 1. The lowest BCUT2D eigenvalue weighted by Gasteiger charge is -2.37. The van der Waals surface area contributed by atoms with E-state index in [1.807, 2.05) is 6.08 Å². The Hall–Kier alpha value is -0.210. The van der Waals surface area contributed by atoms with Crippen LogP contribution in [0.15, 0.2) is 12.2 Å². The second kappa shape index (κ2) is 10.6. The molecule has 0 unspecified atom stereocenters. The van der Waals surface area contributed by atoms with Crippen molar-refractivity contribution in [3.8, 4) is 12.3 Å². The highest BCUT2D eigenvalue weighted by Crippen LogP contribution is 2.32. The highest BCUT2D eigenvalue weighted by atomic mass is 79.9. The maximum absolute atomic E-state index is 11.3. The average Bonchev–Trinajstić information content (AvgIpc) is 2.49. The number of carbonyl (C=O) groups excluding carboxylic acids is 1. The topological polar surface area (TPSA) is 35.5 Å². The second-order valence-electron chi connectivity index (χ2n) is 5.59. The van der Waals surface area contributed by atoms with Gasteiger partial charge in [0, 0.05) is 18.2 Å². The van der Waals surface area contributed by atoms with E-state index in [0.29, 0.717) is 19.3 Å². The van der Waals surface area contributed by atoms with Crippen molar-refractivity contribution in [2.75, 3.05) is 0 Å². The Morgan fingerprint density at radius 3 is 2.74 bits per heavy atom. The molecule has 0 aliphatic carbocycles. The zero-order valence-electron chi connectivity index (χ0n) is 13.4. The third-order valence-electron chi connectivity index (χ3n) is 3.76. The first-order valence-electron chi connectivity index (χ1n) is 7.75. The quantitative estimate of drug-likeness (QED) is 0.371. The molecule has 0 N–H and O–H groups in total. The van der Waals surface area contributed by atoms with Crippen LogP contribution in [0.25, 0.3) is 0 Å². The summed E-state index contributed by atoms with van der Waals surface area (Å²) in [6.07, 6.45) is 10.6. The van der Waals surface area contributed by atoms with Gasteiger partial charge in [-0.3, -0.25) is 4.79 Å². The number of alkyl halides is 3. The van der Waals surface area contributed by atoms with Crippen LogP contribution in [0.1, 0.15) is 39.5 Å². The average molecular weight is 426 g/mol. The third kappa shape index (κ3) is 7.05. The number of esters is 1. The van der Waals surface area contributed by atoms with E-state index in [9.17, 15) is 4.79 Å². The summed E-state index contributed by atoms with van der Waals surface area (Å²) >= 11 is 16.6. The molecule has 23 heavy (non-hydrogen) atoms. The lowest BCUT2D eigenvalue weighted by atomic mass is 9.96. The van der Waals surface area contributed by atoms with Gasteiger partial charge >= 0.3 is 5.97 Å². The van der Waals surface area contributed by atoms with Crippen molar-refractivity contribution >= 4 is 45.1 Å². The molecule has 0 bridgehead atoms. The number of terminal acetylenes is 1. The maximum atomic E-state index is 11.3. The van der Waals surface area contributed by atoms with Crippen molar-refractivity contribution in [2.24, 2.45) is 0 Å². The van der Waals surface area contributed by atoms with Gasteiger partial charge in [0.1, 0.15) is 6.10 Å². The van der Waals surface area contributed by atoms with Gasteiger partial charge in [0.05, 0.1) is 23.0 Å². The molecule has 6 heteroatoms. The summed E-state index contributed by atoms with van der Waals surface area (Å²) in [6, 6.07) is 0. The van der Waals surface area contributed by atoms with Crippen molar-refractivity contribution in [3.05, 3.63) is 12.2 Å². The van der Waals surface area contributed by atoms with Gasteiger partial charge in [0.25, 0.3) is 0 Å². The molecular weight excluding hydrogens is 403 g/mol. The van der Waals surface area contributed by atoms with E-state index in [2.05, 4.69) is 28.8 Å². The van der Waals surface area contributed by atoms with Crippen molar-refractivity contribution in [3.63, 3.8) is 0 Å². The van der Waals surface area contributed by atoms with E-state index in [1.54, 1.807) is 6.08 Å². The number of rotatable bonds is 5. The molecule has 6 atom stereocenters. The summed E-state index contributed by atoms with van der Waals surface area (Å²) in [5, 5.41) is -0.624. The van der Waals surface area contributed by atoms with Gasteiger partial charge in [-0.25, -0.2) is 0 Å². The molecule has 0 aromatic carbocycles. The first kappa shape index (κ1) is 20.8. The van der Waals surface area contributed by atoms with E-state index >= 15 is 0 Å². The van der Waals surface area contributed by atoms with Gasteiger partial charge in [-0.2, -0.15) is 0 Å². The summed E-state index contributed by atoms with van der Waals surface area (Å²) in [5.74, 6) is 2.12. The molecule has 1 heterocycles. The van der Waals surface area contributed by atoms with Gasteiger partial charge in [-0.15, -0.1) is 29.6 Å². The lowest BCUT2D eigenvalue weighted by Crippen LogP contribution is -2.44. The van der Waals surface area contributed by atoms with Crippen LogP contribution >= 0.6 is 39.1 Å². The largest absolute Gasteiger partial charge is 0.461 e. The summed E-state index contributed by atoms with van der Waals surface area (Å²) in [4.78, 5) is 11.5. The Morgan fingerprint density at radius 2 is 2.17 bits per heavy atom. The minimum absolute atomic E-state index is 0.130. The second-order valence-corrected chi connectivity index (χ2v) is 7.89. The fraction of sp³-hybridized carbons (Fsp3) is 0.706. The molecule has 1 rings (SSSR count). The maximum Gasteiger partial charge on any atom is 0.302 e. The van der Waals surface area contributed by atoms with E-state index in [0.717, 1.165) is 6.42 Å². The van der Waals surface area contributed by atoms with Crippen LogP contribution in [0.2, 0.25) is 0 Å². The molecule has 1 aliphatic rings. The Labute approximate surface area is 157 Å². The van der Waals surface area contributed by atoms with Crippen LogP contribution in [0.5, 0.6) is 0 Å². The molecular formula is C17H23BrCl2O3. The zero-order valence-corrected chi connectivity index (χ0v) is 16.5. The Bertz CT molecular complexity index is 450. The Morgan fingerprint density at radius 1 is 1.48 bits per heavy atom. The molecule has 0 radical (unpaired) electrons.